The highest BCUT2D eigenvalue weighted by Crippen LogP contribution is 2.12. The zero-order valence-electron chi connectivity index (χ0n) is 16.4. The van der Waals surface area contributed by atoms with Gasteiger partial charge in [-0.3, -0.25) is 19.0 Å². The van der Waals surface area contributed by atoms with E-state index in [9.17, 15) is 14.4 Å². The van der Waals surface area contributed by atoms with E-state index >= 15 is 0 Å². The van der Waals surface area contributed by atoms with Gasteiger partial charge in [-0.25, -0.2) is 4.98 Å². The quantitative estimate of drug-likeness (QED) is 0.605. The molecule has 8 heteroatoms. The number of carbonyl (C=O) groups is 2. The maximum atomic E-state index is 12.5. The summed E-state index contributed by atoms with van der Waals surface area (Å²) in [6.07, 6.45) is 1.64. The Kier molecular flexibility index (Phi) is 6.55. The van der Waals surface area contributed by atoms with Crippen LogP contribution >= 0.6 is 0 Å². The van der Waals surface area contributed by atoms with Gasteiger partial charge in [0, 0.05) is 12.2 Å². The molecule has 0 fully saturated rings. The van der Waals surface area contributed by atoms with Gasteiger partial charge in [0.25, 0.3) is 11.5 Å². The normalized spacial score (nSPS) is 10.4. The first-order chi connectivity index (χ1) is 14.5. The van der Waals surface area contributed by atoms with E-state index in [0.29, 0.717) is 23.0 Å². The number of nitrogens with one attached hydrogen (secondary N) is 1. The second kappa shape index (κ2) is 9.47. The van der Waals surface area contributed by atoms with Crippen LogP contribution in [0.15, 0.2) is 53.6 Å². The lowest BCUT2D eigenvalue weighted by molar-refractivity contribution is -0.147. The van der Waals surface area contributed by atoms with Crippen LogP contribution in [0, 0.1) is 18.3 Å². The third kappa shape index (κ3) is 5.08. The van der Waals surface area contributed by atoms with Crippen LogP contribution in [-0.4, -0.2) is 28.0 Å². The van der Waals surface area contributed by atoms with Gasteiger partial charge in [0.15, 0.2) is 6.61 Å². The van der Waals surface area contributed by atoms with Gasteiger partial charge >= 0.3 is 5.97 Å². The molecule has 0 atom stereocenters. The number of rotatable bonds is 7. The summed E-state index contributed by atoms with van der Waals surface area (Å²) in [5.41, 5.74) is 2.70. The summed E-state index contributed by atoms with van der Waals surface area (Å²) in [6, 6.07) is 14.2. The number of aromatic nitrogens is 2. The molecule has 0 spiro atoms. The van der Waals surface area contributed by atoms with Gasteiger partial charge in [-0.05, 0) is 36.2 Å². The van der Waals surface area contributed by atoms with Crippen LogP contribution in [0.3, 0.4) is 0 Å². The molecule has 2 aromatic carbocycles. The van der Waals surface area contributed by atoms with Crippen molar-refractivity contribution in [2.75, 3.05) is 11.9 Å². The average Bonchev–Trinajstić information content (AvgIpc) is 2.74. The molecular weight excluding hydrogens is 384 g/mol. The van der Waals surface area contributed by atoms with Crippen LogP contribution in [-0.2, 0) is 27.3 Å². The molecule has 0 aliphatic carbocycles. The van der Waals surface area contributed by atoms with Gasteiger partial charge in [-0.2, -0.15) is 5.26 Å². The third-order valence-corrected chi connectivity index (χ3v) is 4.50. The summed E-state index contributed by atoms with van der Waals surface area (Å²) >= 11 is 0. The summed E-state index contributed by atoms with van der Waals surface area (Å²) in [4.78, 5) is 40.7. The smallest absolute Gasteiger partial charge is 0.308 e. The monoisotopic (exact) mass is 404 g/mol. The molecular formula is C22H20N4O4. The minimum atomic E-state index is -0.592. The summed E-state index contributed by atoms with van der Waals surface area (Å²) in [7, 11) is 0. The second-order valence-electron chi connectivity index (χ2n) is 6.70. The number of anilines is 1. The number of esters is 1. The Labute approximate surface area is 172 Å². The number of hydrogen-bond donors (Lipinski definition) is 1. The zero-order valence-corrected chi connectivity index (χ0v) is 16.4. The number of hydrogen-bond acceptors (Lipinski definition) is 6. The van der Waals surface area contributed by atoms with Gasteiger partial charge in [-0.15, -0.1) is 0 Å². The van der Waals surface area contributed by atoms with E-state index in [4.69, 9.17) is 10.00 Å². The highest BCUT2D eigenvalue weighted by atomic mass is 16.5. The third-order valence-electron chi connectivity index (χ3n) is 4.50. The Morgan fingerprint density at radius 2 is 1.97 bits per heavy atom. The predicted molar refractivity (Wildman–Crippen MR) is 111 cm³/mol. The van der Waals surface area contributed by atoms with Crippen LogP contribution in [0.25, 0.3) is 10.9 Å². The van der Waals surface area contributed by atoms with Crippen LogP contribution in [0.5, 0.6) is 0 Å². The highest BCUT2D eigenvalue weighted by molar-refractivity contribution is 5.92. The number of ether oxygens (including phenoxy) is 1. The number of fused-ring (bicyclic) bond motifs is 1. The molecule has 0 radical (unpaired) electrons. The number of carbonyl (C=O) groups excluding carboxylic acids is 2. The van der Waals surface area contributed by atoms with E-state index in [-0.39, 0.29) is 18.5 Å². The molecule has 3 aromatic rings. The number of nitriles is 1. The lowest BCUT2D eigenvalue weighted by atomic mass is 10.1. The summed E-state index contributed by atoms with van der Waals surface area (Å²) in [6.45, 7) is 1.56. The van der Waals surface area contributed by atoms with Gasteiger partial charge in [0.2, 0.25) is 0 Å². The van der Waals surface area contributed by atoms with Crippen LogP contribution in [0.1, 0.15) is 17.5 Å². The van der Waals surface area contributed by atoms with Gasteiger partial charge in [0.1, 0.15) is 0 Å². The fourth-order valence-corrected chi connectivity index (χ4v) is 2.92. The van der Waals surface area contributed by atoms with Crippen molar-refractivity contribution in [1.82, 2.24) is 9.55 Å². The van der Waals surface area contributed by atoms with E-state index in [1.807, 2.05) is 19.1 Å². The molecule has 0 unspecified atom stereocenters. The highest BCUT2D eigenvalue weighted by Gasteiger charge is 2.11. The fourth-order valence-electron chi connectivity index (χ4n) is 2.92. The molecule has 1 aromatic heterocycles. The van der Waals surface area contributed by atoms with Crippen LogP contribution in [0.2, 0.25) is 0 Å². The number of aryl methyl sites for hydroxylation is 2. The van der Waals surface area contributed by atoms with E-state index < -0.39 is 18.5 Å². The van der Waals surface area contributed by atoms with Crippen molar-refractivity contribution in [2.24, 2.45) is 0 Å². The summed E-state index contributed by atoms with van der Waals surface area (Å²) in [5.74, 6) is -1.07. The predicted octanol–water partition coefficient (Wildman–Crippen LogP) is 2.34. The Hall–Kier alpha value is -3.99. The van der Waals surface area contributed by atoms with Crippen molar-refractivity contribution < 1.29 is 14.3 Å². The van der Waals surface area contributed by atoms with Crippen molar-refractivity contribution in [1.29, 1.82) is 5.26 Å². The summed E-state index contributed by atoms with van der Waals surface area (Å²) < 4.78 is 6.33. The molecule has 8 nitrogen and oxygen atoms in total. The number of nitrogens with zero attached hydrogens (tertiary/aromatic N) is 3. The standard InChI is InChI=1S/C22H20N4O4/c1-15-3-2-4-18-21(15)24-14-26(22(18)29)12-10-20(28)30-13-19(27)25-17-7-5-16(6-8-17)9-11-23/h2-8,14H,9-10,12-13H2,1H3,(H,25,27). The minimum absolute atomic E-state index is 0.0605. The Balaban J connectivity index is 1.49. The maximum Gasteiger partial charge on any atom is 0.308 e. The Morgan fingerprint density at radius 1 is 1.20 bits per heavy atom. The second-order valence-corrected chi connectivity index (χ2v) is 6.70. The topological polar surface area (TPSA) is 114 Å². The largest absolute Gasteiger partial charge is 0.456 e. The van der Waals surface area contributed by atoms with E-state index in [0.717, 1.165) is 11.1 Å². The minimum Gasteiger partial charge on any atom is -0.456 e. The van der Waals surface area contributed by atoms with E-state index in [1.165, 1.54) is 10.9 Å². The fraction of sp³-hybridized carbons (Fsp3) is 0.227. The van der Waals surface area contributed by atoms with Gasteiger partial charge in [-0.1, -0.05) is 24.3 Å². The molecule has 0 saturated heterocycles. The Bertz CT molecular complexity index is 1180. The van der Waals surface area contributed by atoms with Crippen LogP contribution in [0.4, 0.5) is 5.69 Å². The van der Waals surface area contributed by atoms with Crippen LogP contribution < -0.4 is 10.9 Å². The first-order valence-corrected chi connectivity index (χ1v) is 9.34. The first-order valence-electron chi connectivity index (χ1n) is 9.34. The number of para-hydroxylation sites is 1. The molecule has 0 aliphatic heterocycles. The summed E-state index contributed by atoms with van der Waals surface area (Å²) in [5, 5.41) is 11.8. The van der Waals surface area contributed by atoms with Crippen molar-refractivity contribution >= 4 is 28.5 Å². The average molecular weight is 404 g/mol. The van der Waals surface area contributed by atoms with Gasteiger partial charge < -0.3 is 10.1 Å². The lowest BCUT2D eigenvalue weighted by Crippen LogP contribution is -2.24. The van der Waals surface area contributed by atoms with Crippen molar-refractivity contribution in [3.8, 4) is 6.07 Å². The number of benzene rings is 2. The molecule has 0 aliphatic rings. The number of amides is 1. The van der Waals surface area contributed by atoms with Crippen molar-refractivity contribution in [3.63, 3.8) is 0 Å². The zero-order chi connectivity index (χ0) is 21.5. The SMILES string of the molecule is Cc1cccc2c(=O)n(CCC(=O)OCC(=O)Nc3ccc(CC#N)cc3)cnc12. The first kappa shape index (κ1) is 20.7. The molecule has 0 saturated carbocycles. The molecule has 1 N–H and O–H groups in total. The molecule has 1 heterocycles. The van der Waals surface area contributed by atoms with E-state index in [2.05, 4.69) is 10.3 Å². The molecule has 3 rings (SSSR count). The van der Waals surface area contributed by atoms with E-state index in [1.54, 1.807) is 36.4 Å². The molecule has 30 heavy (non-hydrogen) atoms. The maximum absolute atomic E-state index is 12.5. The molecule has 152 valence electrons. The van der Waals surface area contributed by atoms with Gasteiger partial charge in [0.05, 0.1) is 36.1 Å². The molecule has 1 amide bonds. The lowest BCUT2D eigenvalue weighted by Gasteiger charge is -2.09. The molecule has 0 bridgehead atoms. The Morgan fingerprint density at radius 3 is 2.70 bits per heavy atom. The van der Waals surface area contributed by atoms with Crippen molar-refractivity contribution in [2.45, 2.75) is 26.3 Å². The van der Waals surface area contributed by atoms with Crippen molar-refractivity contribution in [3.05, 3.63) is 70.3 Å².